The number of rotatable bonds is 3. The van der Waals surface area contributed by atoms with Crippen molar-refractivity contribution in [2.24, 2.45) is 0 Å². The molecule has 26 heavy (non-hydrogen) atoms. The fourth-order valence-electron chi connectivity index (χ4n) is 3.54. The van der Waals surface area contributed by atoms with E-state index in [1.54, 1.807) is 6.20 Å². The quantitative estimate of drug-likeness (QED) is 0.665. The number of fused-ring (bicyclic) bond motifs is 2. The smallest absolute Gasteiger partial charge is 0.302 e. The first-order valence-electron chi connectivity index (χ1n) is 8.80. The molecule has 3 heterocycles. The lowest BCUT2D eigenvalue weighted by Crippen LogP contribution is -2.15. The van der Waals surface area contributed by atoms with Crippen LogP contribution in [-0.2, 0) is 12.8 Å². The van der Waals surface area contributed by atoms with Crippen LogP contribution in [0.1, 0.15) is 48.1 Å². The van der Waals surface area contributed by atoms with Gasteiger partial charge in [0.05, 0.1) is 23.2 Å². The van der Waals surface area contributed by atoms with Gasteiger partial charge in [-0.3, -0.25) is 10.4 Å². The minimum Gasteiger partial charge on any atom is -0.428 e. The summed E-state index contributed by atoms with van der Waals surface area (Å²) < 4.78 is 5.78. The lowest BCUT2D eigenvalue weighted by Gasteiger charge is -2.23. The first kappa shape index (κ1) is 15.3. The van der Waals surface area contributed by atoms with Crippen LogP contribution in [0.15, 0.2) is 22.8 Å². The van der Waals surface area contributed by atoms with E-state index in [-0.39, 0.29) is 0 Å². The summed E-state index contributed by atoms with van der Waals surface area (Å²) in [4.78, 5) is 13.7. The molecular weight excluding hydrogens is 332 g/mol. The molecule has 0 aliphatic heterocycles. The van der Waals surface area contributed by atoms with Crippen LogP contribution in [0.3, 0.4) is 0 Å². The fraction of sp³-hybridized carbons (Fsp3) is 0.333. The molecule has 2 aliphatic rings. The highest BCUT2D eigenvalue weighted by Gasteiger charge is 2.26. The fourth-order valence-corrected chi connectivity index (χ4v) is 3.54. The van der Waals surface area contributed by atoms with Gasteiger partial charge < -0.3 is 9.52 Å². The number of aromatic amines is 1. The van der Waals surface area contributed by atoms with Crippen LogP contribution in [-0.4, -0.2) is 30.3 Å². The molecule has 8 heteroatoms. The van der Waals surface area contributed by atoms with E-state index in [1.807, 2.05) is 12.1 Å². The summed E-state index contributed by atoms with van der Waals surface area (Å²) in [5.41, 5.74) is 3.89. The molecule has 8 nitrogen and oxygen atoms in total. The number of aliphatic hydroxyl groups is 1. The summed E-state index contributed by atoms with van der Waals surface area (Å²) in [6.07, 6.45) is 9.36. The number of allylic oxidation sites excluding steroid dienone is 1. The Hall–Kier alpha value is -3.00. The van der Waals surface area contributed by atoms with E-state index in [9.17, 15) is 5.11 Å². The van der Waals surface area contributed by atoms with Crippen molar-refractivity contribution < 1.29 is 9.52 Å². The maximum Gasteiger partial charge on any atom is 0.302 e. The second kappa shape index (κ2) is 6.06. The Labute approximate surface area is 149 Å². The predicted octanol–water partition coefficient (Wildman–Crippen LogP) is 2.93. The normalized spacial score (nSPS) is 18.4. The van der Waals surface area contributed by atoms with Crippen molar-refractivity contribution in [2.75, 3.05) is 5.32 Å². The summed E-state index contributed by atoms with van der Waals surface area (Å²) in [6.45, 7) is 0. The number of oxazole rings is 1. The highest BCUT2D eigenvalue weighted by molar-refractivity contribution is 5.63. The first-order valence-corrected chi connectivity index (χ1v) is 8.80. The molecular formula is C18H18N6O2. The van der Waals surface area contributed by atoms with Crippen LogP contribution in [0, 0.1) is 0 Å². The number of nitrogens with zero attached hydrogens (tertiary/aromatic N) is 4. The number of hydrogen-bond donors (Lipinski definition) is 3. The maximum atomic E-state index is 10.5. The molecule has 132 valence electrons. The monoisotopic (exact) mass is 350 g/mol. The van der Waals surface area contributed by atoms with Gasteiger partial charge >= 0.3 is 6.01 Å². The summed E-state index contributed by atoms with van der Waals surface area (Å²) in [6, 6.07) is 2.22. The molecule has 3 aromatic rings. The molecule has 3 aromatic heterocycles. The number of nitrogens with one attached hydrogen (secondary N) is 2. The Kier molecular flexibility index (Phi) is 3.56. The Morgan fingerprint density at radius 2 is 2.19 bits per heavy atom. The van der Waals surface area contributed by atoms with E-state index in [1.165, 1.54) is 0 Å². The molecule has 0 fully saturated rings. The third-order valence-corrected chi connectivity index (χ3v) is 4.76. The SMILES string of the molecule is OC1CCCc2nc(Nc3nc4c(o3)CCC=C4)nc(-c3ccn[nH]3)c21. The number of aryl methyl sites for hydroxylation is 2. The minimum atomic E-state index is -0.565. The predicted molar refractivity (Wildman–Crippen MR) is 94.7 cm³/mol. The zero-order valence-corrected chi connectivity index (χ0v) is 14.1. The average Bonchev–Trinajstić information content (AvgIpc) is 3.30. The van der Waals surface area contributed by atoms with E-state index >= 15 is 0 Å². The van der Waals surface area contributed by atoms with Gasteiger partial charge in [-0.2, -0.15) is 10.1 Å². The average molecular weight is 350 g/mol. The van der Waals surface area contributed by atoms with Gasteiger partial charge in [0.2, 0.25) is 5.95 Å². The summed E-state index contributed by atoms with van der Waals surface area (Å²) >= 11 is 0. The van der Waals surface area contributed by atoms with Gasteiger partial charge in [-0.1, -0.05) is 6.08 Å². The topological polar surface area (TPSA) is 113 Å². The van der Waals surface area contributed by atoms with Gasteiger partial charge in [-0.25, -0.2) is 9.97 Å². The first-order chi connectivity index (χ1) is 12.8. The highest BCUT2D eigenvalue weighted by Crippen LogP contribution is 2.36. The standard InChI is InChI=1S/C18H18N6O2/c25-13-6-3-5-11-15(13)16(12-8-9-19-24-12)22-17(20-11)23-18-21-10-4-1-2-7-14(10)26-18/h1,4,8-9,13,25H,2-3,5-7H2,(H,19,24)(H,20,21,22,23). The molecule has 5 rings (SSSR count). The Morgan fingerprint density at radius 3 is 3.04 bits per heavy atom. The number of aromatic nitrogens is 5. The Morgan fingerprint density at radius 1 is 1.23 bits per heavy atom. The van der Waals surface area contributed by atoms with Crippen LogP contribution < -0.4 is 5.32 Å². The number of aliphatic hydroxyl groups excluding tert-OH is 1. The molecule has 0 amide bonds. The molecule has 3 N–H and O–H groups in total. The molecule has 0 bridgehead atoms. The molecule has 0 saturated carbocycles. The largest absolute Gasteiger partial charge is 0.428 e. The van der Waals surface area contributed by atoms with Crippen LogP contribution in [0.25, 0.3) is 17.5 Å². The molecule has 0 saturated heterocycles. The summed E-state index contributed by atoms with van der Waals surface area (Å²) in [5.74, 6) is 1.28. The van der Waals surface area contributed by atoms with Crippen LogP contribution >= 0.6 is 0 Å². The molecule has 0 aromatic carbocycles. The summed E-state index contributed by atoms with van der Waals surface area (Å²) in [7, 11) is 0. The third-order valence-electron chi connectivity index (χ3n) is 4.76. The Balaban J connectivity index is 1.56. The molecule has 0 spiro atoms. The van der Waals surface area contributed by atoms with E-state index in [4.69, 9.17) is 4.42 Å². The van der Waals surface area contributed by atoms with Gasteiger partial charge in [0.1, 0.15) is 11.5 Å². The molecule has 1 atom stereocenters. The molecule has 2 aliphatic carbocycles. The van der Waals surface area contributed by atoms with E-state index < -0.39 is 6.10 Å². The van der Waals surface area contributed by atoms with Gasteiger partial charge in [0.15, 0.2) is 0 Å². The second-order valence-electron chi connectivity index (χ2n) is 6.53. The van der Waals surface area contributed by atoms with E-state index in [2.05, 4.69) is 36.5 Å². The van der Waals surface area contributed by atoms with E-state index in [0.29, 0.717) is 24.1 Å². The number of hydrogen-bond acceptors (Lipinski definition) is 7. The van der Waals surface area contributed by atoms with Crippen molar-refractivity contribution in [1.29, 1.82) is 0 Å². The number of H-pyrrole nitrogens is 1. The van der Waals surface area contributed by atoms with Gasteiger partial charge in [-0.15, -0.1) is 0 Å². The van der Waals surface area contributed by atoms with Crippen molar-refractivity contribution in [3.63, 3.8) is 0 Å². The van der Waals surface area contributed by atoms with Gasteiger partial charge in [0.25, 0.3) is 0 Å². The van der Waals surface area contributed by atoms with Crippen molar-refractivity contribution in [1.82, 2.24) is 25.1 Å². The van der Waals surface area contributed by atoms with E-state index in [0.717, 1.165) is 54.1 Å². The van der Waals surface area contributed by atoms with Crippen molar-refractivity contribution in [2.45, 2.75) is 38.2 Å². The second-order valence-corrected chi connectivity index (χ2v) is 6.53. The van der Waals surface area contributed by atoms with Crippen LogP contribution in [0.5, 0.6) is 0 Å². The lowest BCUT2D eigenvalue weighted by molar-refractivity contribution is 0.155. The lowest BCUT2D eigenvalue weighted by atomic mass is 9.91. The highest BCUT2D eigenvalue weighted by atomic mass is 16.4. The molecule has 0 radical (unpaired) electrons. The van der Waals surface area contributed by atoms with Gasteiger partial charge in [0, 0.05) is 18.2 Å². The number of anilines is 2. The Bertz CT molecular complexity index is 976. The van der Waals surface area contributed by atoms with Gasteiger partial charge in [-0.05, 0) is 37.8 Å². The zero-order valence-electron chi connectivity index (χ0n) is 14.1. The van der Waals surface area contributed by atoms with Crippen molar-refractivity contribution in [3.8, 4) is 11.4 Å². The maximum absolute atomic E-state index is 10.5. The molecule has 1 unspecified atom stereocenters. The van der Waals surface area contributed by atoms with Crippen molar-refractivity contribution >= 4 is 18.0 Å². The van der Waals surface area contributed by atoms with Crippen molar-refractivity contribution in [3.05, 3.63) is 41.1 Å². The zero-order chi connectivity index (χ0) is 17.5. The van der Waals surface area contributed by atoms with Crippen LogP contribution in [0.4, 0.5) is 12.0 Å². The third kappa shape index (κ3) is 2.59. The summed E-state index contributed by atoms with van der Waals surface area (Å²) in [5, 5.41) is 20.5. The van der Waals surface area contributed by atoms with Crippen LogP contribution in [0.2, 0.25) is 0 Å². The minimum absolute atomic E-state index is 0.383.